The van der Waals surface area contributed by atoms with Crippen LogP contribution in [-0.2, 0) is 9.59 Å². The molecule has 2 aromatic carbocycles. The number of carbonyl (C=O) groups excluding carboxylic acids is 2. The maximum Gasteiger partial charge on any atom is 0.277 e. The van der Waals surface area contributed by atoms with E-state index in [-0.39, 0.29) is 23.8 Å². The van der Waals surface area contributed by atoms with Crippen molar-refractivity contribution in [1.82, 2.24) is 14.8 Å². The van der Waals surface area contributed by atoms with Crippen molar-refractivity contribution < 1.29 is 9.59 Å². The fourth-order valence-corrected chi connectivity index (χ4v) is 5.06. The van der Waals surface area contributed by atoms with Crippen LogP contribution in [0.2, 0.25) is 0 Å². The van der Waals surface area contributed by atoms with Crippen LogP contribution >= 0.6 is 11.3 Å². The van der Waals surface area contributed by atoms with Crippen LogP contribution in [0, 0.1) is 20.8 Å². The largest absolute Gasteiger partial charge is 0.293 e. The summed E-state index contributed by atoms with van der Waals surface area (Å²) in [5.74, 6) is -1.48. The van der Waals surface area contributed by atoms with Gasteiger partial charge in [-0.2, -0.15) is 4.68 Å². The molecule has 5 rings (SSSR count). The van der Waals surface area contributed by atoms with E-state index in [4.69, 9.17) is 0 Å². The monoisotopic (exact) mass is 432 g/mol. The van der Waals surface area contributed by atoms with Crippen LogP contribution in [0.15, 0.2) is 47.3 Å². The highest BCUT2D eigenvalue weighted by Gasteiger charge is 2.43. The number of rotatable bonds is 3. The average Bonchev–Trinajstić information content (AvgIpc) is 3.37. The highest BCUT2D eigenvalue weighted by Crippen LogP contribution is 2.35. The molecule has 1 atom stereocenters. The Labute approximate surface area is 181 Å². The Bertz CT molecular complexity index is 1400. The summed E-state index contributed by atoms with van der Waals surface area (Å²) >= 11 is 1.39. The Morgan fingerprint density at radius 2 is 1.84 bits per heavy atom. The second-order valence-corrected chi connectivity index (χ2v) is 8.88. The molecule has 0 saturated carbocycles. The number of amides is 2. The van der Waals surface area contributed by atoms with E-state index in [1.165, 1.54) is 20.9 Å². The lowest BCUT2D eigenvalue weighted by Crippen LogP contribution is -2.31. The van der Waals surface area contributed by atoms with E-state index in [0.29, 0.717) is 22.1 Å². The number of hydrogen-bond acceptors (Lipinski definition) is 5. The molecule has 8 heteroatoms. The third-order valence-corrected chi connectivity index (χ3v) is 6.71. The number of fused-ring (bicyclic) bond motifs is 1. The number of aromatic amines is 1. The maximum absolute atomic E-state index is 13.3. The number of nitrogens with one attached hydrogen (secondary N) is 1. The molecule has 0 bridgehead atoms. The van der Waals surface area contributed by atoms with Gasteiger partial charge in [0.25, 0.3) is 5.56 Å². The van der Waals surface area contributed by atoms with Gasteiger partial charge < -0.3 is 0 Å². The van der Waals surface area contributed by atoms with Crippen LogP contribution in [0.25, 0.3) is 15.3 Å². The average molecular weight is 433 g/mol. The fourth-order valence-electron chi connectivity index (χ4n) is 4.13. The van der Waals surface area contributed by atoms with Gasteiger partial charge in [0, 0.05) is 12.1 Å². The zero-order valence-corrected chi connectivity index (χ0v) is 18.1. The first-order chi connectivity index (χ1) is 14.8. The fraction of sp³-hybridized carbons (Fsp3) is 0.217. The number of carbonyl (C=O) groups is 2. The Morgan fingerprint density at radius 1 is 1.06 bits per heavy atom. The highest BCUT2D eigenvalue weighted by molar-refractivity contribution is 7.20. The summed E-state index contributed by atoms with van der Waals surface area (Å²) in [6.07, 6.45) is -0.0278. The molecular formula is C23H20N4O3S. The number of H-pyrrole nitrogens is 1. The molecule has 1 fully saturated rings. The predicted molar refractivity (Wildman–Crippen MR) is 120 cm³/mol. The molecule has 7 nitrogen and oxygen atoms in total. The number of thiazole rings is 1. The van der Waals surface area contributed by atoms with Crippen molar-refractivity contribution in [3.8, 4) is 5.13 Å². The zero-order chi connectivity index (χ0) is 21.9. The second kappa shape index (κ2) is 7.02. The van der Waals surface area contributed by atoms with E-state index in [2.05, 4.69) is 10.1 Å². The van der Waals surface area contributed by atoms with Gasteiger partial charge in [-0.15, -0.1) is 0 Å². The topological polar surface area (TPSA) is 88.1 Å². The van der Waals surface area contributed by atoms with Crippen molar-refractivity contribution in [3.63, 3.8) is 0 Å². The maximum atomic E-state index is 13.3. The number of aryl methyl sites for hydroxylation is 3. The van der Waals surface area contributed by atoms with Gasteiger partial charge in [-0.05, 0) is 50.1 Å². The summed E-state index contributed by atoms with van der Waals surface area (Å²) < 4.78 is 2.33. The van der Waals surface area contributed by atoms with Gasteiger partial charge in [0.15, 0.2) is 0 Å². The summed E-state index contributed by atoms with van der Waals surface area (Å²) in [6, 6.07) is 13.3. The number of para-hydroxylation sites is 1. The van der Waals surface area contributed by atoms with Crippen molar-refractivity contribution >= 4 is 39.1 Å². The Kier molecular flexibility index (Phi) is 4.40. The molecule has 1 unspecified atom stereocenters. The van der Waals surface area contributed by atoms with E-state index in [9.17, 15) is 14.4 Å². The lowest BCUT2D eigenvalue weighted by molar-refractivity contribution is -0.121. The molecule has 0 aliphatic carbocycles. The van der Waals surface area contributed by atoms with Crippen LogP contribution in [0.4, 0.5) is 5.69 Å². The van der Waals surface area contributed by atoms with Crippen LogP contribution in [0.1, 0.15) is 34.7 Å². The third-order valence-electron chi connectivity index (χ3n) is 5.69. The summed E-state index contributed by atoms with van der Waals surface area (Å²) in [5.41, 5.74) is 3.73. The molecule has 2 amide bonds. The normalized spacial score (nSPS) is 16.6. The van der Waals surface area contributed by atoms with Crippen molar-refractivity contribution in [3.05, 3.63) is 75.2 Å². The predicted octanol–water partition coefficient (Wildman–Crippen LogP) is 3.75. The Morgan fingerprint density at radius 3 is 2.61 bits per heavy atom. The van der Waals surface area contributed by atoms with Gasteiger partial charge >= 0.3 is 0 Å². The van der Waals surface area contributed by atoms with Gasteiger partial charge in [-0.3, -0.25) is 19.5 Å². The van der Waals surface area contributed by atoms with E-state index in [0.717, 1.165) is 21.3 Å². The van der Waals surface area contributed by atoms with Crippen molar-refractivity contribution in [2.45, 2.75) is 33.1 Å². The van der Waals surface area contributed by atoms with E-state index < -0.39 is 5.92 Å². The molecule has 1 aliphatic rings. The second-order valence-electron chi connectivity index (χ2n) is 7.87. The molecule has 1 aliphatic heterocycles. The lowest BCUT2D eigenvalue weighted by Gasteiger charge is -2.18. The third kappa shape index (κ3) is 3.02. The quantitative estimate of drug-likeness (QED) is 0.500. The van der Waals surface area contributed by atoms with Gasteiger partial charge in [0.05, 0.1) is 27.4 Å². The van der Waals surface area contributed by atoms with E-state index in [1.54, 1.807) is 6.92 Å². The standard InChI is InChI=1S/C23H20N4O3S/c1-12-8-9-13(2)17(10-12)26-19(28)11-15(21(26)29)20-14(3)25-27(22(20)30)23-24-16-6-4-5-7-18(16)31-23/h4-10,15,25H,11H2,1-3H3. The minimum absolute atomic E-state index is 0.0278. The van der Waals surface area contributed by atoms with E-state index in [1.807, 2.05) is 56.3 Å². The number of imide groups is 1. The SMILES string of the molecule is Cc1ccc(C)c(N2C(=O)CC(c3c(C)[nH]n(-c4nc5ccccc5s4)c3=O)C2=O)c1. The number of nitrogens with zero attached hydrogens (tertiary/aromatic N) is 3. The minimum atomic E-state index is -0.813. The lowest BCUT2D eigenvalue weighted by atomic mass is 9.98. The first kappa shape index (κ1) is 19.4. The minimum Gasteiger partial charge on any atom is -0.293 e. The molecule has 156 valence electrons. The number of benzene rings is 2. The molecule has 1 N–H and O–H groups in total. The number of aromatic nitrogens is 3. The van der Waals surface area contributed by atoms with E-state index >= 15 is 0 Å². The molecule has 3 heterocycles. The molecule has 2 aromatic heterocycles. The van der Waals surface area contributed by atoms with Gasteiger partial charge in [0.2, 0.25) is 16.9 Å². The van der Waals surface area contributed by atoms with Gasteiger partial charge in [0.1, 0.15) is 0 Å². The van der Waals surface area contributed by atoms with Crippen molar-refractivity contribution in [2.75, 3.05) is 4.90 Å². The first-order valence-corrected chi connectivity index (χ1v) is 10.8. The smallest absolute Gasteiger partial charge is 0.277 e. The zero-order valence-electron chi connectivity index (χ0n) is 17.3. The first-order valence-electron chi connectivity index (χ1n) is 9.96. The summed E-state index contributed by atoms with van der Waals surface area (Å²) in [7, 11) is 0. The summed E-state index contributed by atoms with van der Waals surface area (Å²) in [6.45, 7) is 5.53. The van der Waals surface area contributed by atoms with Crippen LogP contribution < -0.4 is 10.5 Å². The van der Waals surface area contributed by atoms with Crippen LogP contribution in [0.3, 0.4) is 0 Å². The van der Waals surface area contributed by atoms with Crippen molar-refractivity contribution in [2.24, 2.45) is 0 Å². The summed E-state index contributed by atoms with van der Waals surface area (Å²) in [5, 5.41) is 3.55. The molecule has 4 aromatic rings. The molecule has 1 saturated heterocycles. The molecule has 31 heavy (non-hydrogen) atoms. The Hall–Kier alpha value is -3.52. The molecular weight excluding hydrogens is 412 g/mol. The number of anilines is 1. The van der Waals surface area contributed by atoms with Gasteiger partial charge in [-0.25, -0.2) is 9.88 Å². The van der Waals surface area contributed by atoms with Gasteiger partial charge in [-0.1, -0.05) is 35.6 Å². The molecule has 0 spiro atoms. The van der Waals surface area contributed by atoms with Crippen LogP contribution in [-0.4, -0.2) is 26.6 Å². The molecule has 0 radical (unpaired) electrons. The number of hydrogen-bond donors (Lipinski definition) is 1. The Balaban J connectivity index is 1.57. The summed E-state index contributed by atoms with van der Waals surface area (Å²) in [4.78, 5) is 45.2. The van der Waals surface area contributed by atoms with Crippen molar-refractivity contribution in [1.29, 1.82) is 0 Å². The van der Waals surface area contributed by atoms with Crippen LogP contribution in [0.5, 0.6) is 0 Å². The highest BCUT2D eigenvalue weighted by atomic mass is 32.1.